The first kappa shape index (κ1) is 15.2. The number of fused-ring (bicyclic) bond motifs is 1. The van der Waals surface area contributed by atoms with Gasteiger partial charge >= 0.3 is 0 Å². The van der Waals surface area contributed by atoms with E-state index < -0.39 is 0 Å². The molecule has 0 radical (unpaired) electrons. The Bertz CT molecular complexity index is 841. The lowest BCUT2D eigenvalue weighted by atomic mass is 10.1. The van der Waals surface area contributed by atoms with Crippen LogP contribution in [0.4, 0.5) is 4.39 Å². The molecule has 23 heavy (non-hydrogen) atoms. The largest absolute Gasteiger partial charge is 0.355 e. The molecule has 1 aromatic heterocycles. The number of nitrogens with one attached hydrogen (secondary N) is 2. The van der Waals surface area contributed by atoms with Gasteiger partial charge in [0.1, 0.15) is 11.6 Å². The zero-order valence-electron chi connectivity index (χ0n) is 12.9. The Morgan fingerprint density at radius 2 is 2.09 bits per heavy atom. The van der Waals surface area contributed by atoms with Gasteiger partial charge in [0, 0.05) is 6.54 Å². The van der Waals surface area contributed by atoms with Crippen LogP contribution >= 0.6 is 0 Å². The quantitative estimate of drug-likeness (QED) is 0.761. The molecule has 0 atom stereocenters. The summed E-state index contributed by atoms with van der Waals surface area (Å²) in [5.74, 6) is 0.547. The maximum atomic E-state index is 13.5. The minimum absolute atomic E-state index is 0.0723. The fraction of sp³-hybridized carbons (Fsp3) is 0.222. The molecule has 4 nitrogen and oxygen atoms in total. The summed E-state index contributed by atoms with van der Waals surface area (Å²) in [7, 11) is 0. The van der Waals surface area contributed by atoms with Crippen molar-refractivity contribution in [2.45, 2.75) is 19.8 Å². The normalized spacial score (nSPS) is 10.9. The Kier molecular flexibility index (Phi) is 4.37. The number of aromatic amines is 1. The van der Waals surface area contributed by atoms with Gasteiger partial charge in [0.2, 0.25) is 5.91 Å². The van der Waals surface area contributed by atoms with Crippen molar-refractivity contribution in [1.82, 2.24) is 15.3 Å². The molecule has 0 unspecified atom stereocenters. The molecule has 0 bridgehead atoms. The van der Waals surface area contributed by atoms with Gasteiger partial charge in [-0.2, -0.15) is 0 Å². The maximum Gasteiger partial charge on any atom is 0.224 e. The standard InChI is InChI=1S/C18H18FN3O/c1-12-21-16-7-6-13(10-17(16)22-12)11-18(23)20-9-8-14-4-2-3-5-15(14)19/h2-7,10H,8-9,11H2,1H3,(H,20,23)(H,21,22). The van der Waals surface area contributed by atoms with Crippen LogP contribution in [0.1, 0.15) is 17.0 Å². The first-order valence-electron chi connectivity index (χ1n) is 7.57. The highest BCUT2D eigenvalue weighted by Gasteiger charge is 2.07. The van der Waals surface area contributed by atoms with Crippen molar-refractivity contribution >= 4 is 16.9 Å². The zero-order valence-corrected chi connectivity index (χ0v) is 12.9. The van der Waals surface area contributed by atoms with Gasteiger partial charge in [-0.3, -0.25) is 4.79 Å². The second-order valence-corrected chi connectivity index (χ2v) is 5.54. The number of rotatable bonds is 5. The number of benzene rings is 2. The third-order valence-electron chi connectivity index (χ3n) is 3.70. The number of hydrogen-bond acceptors (Lipinski definition) is 2. The molecule has 0 spiro atoms. The number of nitrogens with zero attached hydrogens (tertiary/aromatic N) is 1. The van der Waals surface area contributed by atoms with Gasteiger partial charge in [0.05, 0.1) is 17.5 Å². The fourth-order valence-electron chi connectivity index (χ4n) is 2.58. The number of H-pyrrole nitrogens is 1. The summed E-state index contributed by atoms with van der Waals surface area (Å²) in [5.41, 5.74) is 3.36. The third kappa shape index (κ3) is 3.74. The Morgan fingerprint density at radius 1 is 1.26 bits per heavy atom. The summed E-state index contributed by atoms with van der Waals surface area (Å²) in [6.45, 7) is 2.32. The second-order valence-electron chi connectivity index (χ2n) is 5.54. The minimum Gasteiger partial charge on any atom is -0.355 e. The fourth-order valence-corrected chi connectivity index (χ4v) is 2.58. The van der Waals surface area contributed by atoms with Gasteiger partial charge in [-0.1, -0.05) is 24.3 Å². The van der Waals surface area contributed by atoms with Crippen LogP contribution in [0.15, 0.2) is 42.5 Å². The summed E-state index contributed by atoms with van der Waals surface area (Å²) in [6.07, 6.45) is 0.780. The lowest BCUT2D eigenvalue weighted by Crippen LogP contribution is -2.27. The van der Waals surface area contributed by atoms with Crippen LogP contribution in [-0.4, -0.2) is 22.4 Å². The summed E-state index contributed by atoms with van der Waals surface area (Å²) >= 11 is 0. The lowest BCUT2D eigenvalue weighted by Gasteiger charge is -2.06. The molecule has 0 aliphatic heterocycles. The van der Waals surface area contributed by atoms with E-state index in [-0.39, 0.29) is 11.7 Å². The molecule has 3 aromatic rings. The molecule has 0 saturated heterocycles. The predicted molar refractivity (Wildman–Crippen MR) is 87.6 cm³/mol. The summed E-state index contributed by atoms with van der Waals surface area (Å²) in [6, 6.07) is 12.4. The number of aromatic nitrogens is 2. The van der Waals surface area contributed by atoms with Crippen molar-refractivity contribution in [2.24, 2.45) is 0 Å². The molecule has 0 saturated carbocycles. The van der Waals surface area contributed by atoms with Crippen LogP contribution in [0.3, 0.4) is 0 Å². The van der Waals surface area contributed by atoms with E-state index in [1.54, 1.807) is 18.2 Å². The van der Waals surface area contributed by atoms with Crippen molar-refractivity contribution in [2.75, 3.05) is 6.54 Å². The number of carbonyl (C=O) groups excluding carboxylic acids is 1. The number of amides is 1. The molecule has 1 amide bonds. The average Bonchev–Trinajstić information content (AvgIpc) is 2.88. The minimum atomic E-state index is -0.234. The van der Waals surface area contributed by atoms with Crippen LogP contribution in [0, 0.1) is 12.7 Å². The second kappa shape index (κ2) is 6.60. The first-order chi connectivity index (χ1) is 11.1. The third-order valence-corrected chi connectivity index (χ3v) is 3.70. The van der Waals surface area contributed by atoms with Crippen LogP contribution in [0.2, 0.25) is 0 Å². The topological polar surface area (TPSA) is 57.8 Å². The van der Waals surface area contributed by atoms with Crippen molar-refractivity contribution in [3.63, 3.8) is 0 Å². The molecule has 0 aliphatic carbocycles. The average molecular weight is 311 g/mol. The SMILES string of the molecule is Cc1nc2ccc(CC(=O)NCCc3ccccc3F)cc2[nH]1. The van der Waals surface area contributed by atoms with E-state index in [9.17, 15) is 9.18 Å². The summed E-state index contributed by atoms with van der Waals surface area (Å²) in [4.78, 5) is 19.5. The highest BCUT2D eigenvalue weighted by atomic mass is 19.1. The number of aryl methyl sites for hydroxylation is 1. The highest BCUT2D eigenvalue weighted by Crippen LogP contribution is 2.14. The first-order valence-corrected chi connectivity index (χ1v) is 7.57. The molecule has 1 heterocycles. The lowest BCUT2D eigenvalue weighted by molar-refractivity contribution is -0.120. The smallest absolute Gasteiger partial charge is 0.224 e. The molecule has 118 valence electrons. The number of hydrogen-bond donors (Lipinski definition) is 2. The summed E-state index contributed by atoms with van der Waals surface area (Å²) < 4.78 is 13.5. The molecule has 3 rings (SSSR count). The Labute approximate surface area is 133 Å². The van der Waals surface area contributed by atoms with Crippen molar-refractivity contribution in [3.05, 3.63) is 65.2 Å². The Morgan fingerprint density at radius 3 is 2.91 bits per heavy atom. The van der Waals surface area contributed by atoms with Crippen LogP contribution in [-0.2, 0) is 17.6 Å². The predicted octanol–water partition coefficient (Wildman–Crippen LogP) is 2.91. The van der Waals surface area contributed by atoms with E-state index in [0.717, 1.165) is 22.4 Å². The van der Waals surface area contributed by atoms with Crippen molar-refractivity contribution < 1.29 is 9.18 Å². The van der Waals surface area contributed by atoms with Gasteiger partial charge in [0.25, 0.3) is 0 Å². The molecular weight excluding hydrogens is 293 g/mol. The van der Waals surface area contributed by atoms with Gasteiger partial charge in [-0.15, -0.1) is 0 Å². The van der Waals surface area contributed by atoms with Gasteiger partial charge in [-0.05, 0) is 42.7 Å². The van der Waals surface area contributed by atoms with Gasteiger partial charge < -0.3 is 10.3 Å². The van der Waals surface area contributed by atoms with E-state index in [4.69, 9.17) is 0 Å². The van der Waals surface area contributed by atoms with Crippen molar-refractivity contribution in [3.8, 4) is 0 Å². The number of imidazole rings is 1. The molecule has 0 fully saturated rings. The van der Waals surface area contributed by atoms with E-state index in [2.05, 4.69) is 15.3 Å². The molecule has 2 N–H and O–H groups in total. The molecular formula is C18H18FN3O. The molecule has 5 heteroatoms. The van der Waals surface area contributed by atoms with Crippen LogP contribution in [0.5, 0.6) is 0 Å². The Balaban J connectivity index is 1.55. The van der Waals surface area contributed by atoms with E-state index in [0.29, 0.717) is 24.9 Å². The summed E-state index contributed by atoms with van der Waals surface area (Å²) in [5, 5.41) is 2.83. The van der Waals surface area contributed by atoms with Crippen LogP contribution in [0.25, 0.3) is 11.0 Å². The number of halogens is 1. The van der Waals surface area contributed by atoms with Crippen molar-refractivity contribution in [1.29, 1.82) is 0 Å². The number of carbonyl (C=O) groups is 1. The van der Waals surface area contributed by atoms with Gasteiger partial charge in [-0.25, -0.2) is 9.37 Å². The van der Waals surface area contributed by atoms with E-state index >= 15 is 0 Å². The van der Waals surface area contributed by atoms with Crippen LogP contribution < -0.4 is 5.32 Å². The molecule has 2 aromatic carbocycles. The highest BCUT2D eigenvalue weighted by molar-refractivity contribution is 5.81. The molecule has 0 aliphatic rings. The van der Waals surface area contributed by atoms with E-state index in [1.807, 2.05) is 25.1 Å². The monoisotopic (exact) mass is 311 g/mol. The Hall–Kier alpha value is -2.69. The van der Waals surface area contributed by atoms with Gasteiger partial charge in [0.15, 0.2) is 0 Å². The van der Waals surface area contributed by atoms with E-state index in [1.165, 1.54) is 6.07 Å². The zero-order chi connectivity index (χ0) is 16.2. The maximum absolute atomic E-state index is 13.5.